The molecule has 1 aliphatic heterocycles. The smallest absolute Gasteiger partial charge is 0.132 e. The molecule has 0 amide bonds. The SMILES string of the molecule is CCNc1cc(NC2CCOC(C)(C)C2)nc(CC)n1. The van der Waals surface area contributed by atoms with Crippen molar-refractivity contribution in [2.75, 3.05) is 23.8 Å². The Labute approximate surface area is 121 Å². The third-order valence-corrected chi connectivity index (χ3v) is 3.50. The Morgan fingerprint density at radius 1 is 1.30 bits per heavy atom. The maximum Gasteiger partial charge on any atom is 0.132 e. The summed E-state index contributed by atoms with van der Waals surface area (Å²) >= 11 is 0. The van der Waals surface area contributed by atoms with Gasteiger partial charge in [0.05, 0.1) is 5.60 Å². The predicted molar refractivity (Wildman–Crippen MR) is 82.2 cm³/mol. The van der Waals surface area contributed by atoms with Gasteiger partial charge in [-0.3, -0.25) is 0 Å². The molecule has 1 saturated heterocycles. The number of nitrogens with zero attached hydrogens (tertiary/aromatic N) is 2. The molecule has 20 heavy (non-hydrogen) atoms. The Morgan fingerprint density at radius 2 is 2.05 bits per heavy atom. The van der Waals surface area contributed by atoms with Gasteiger partial charge in [-0.05, 0) is 33.6 Å². The first-order valence-electron chi connectivity index (χ1n) is 7.54. The minimum absolute atomic E-state index is 0.0545. The second-order valence-corrected chi connectivity index (χ2v) is 5.88. The van der Waals surface area contributed by atoms with E-state index in [1.54, 1.807) is 0 Å². The van der Waals surface area contributed by atoms with Crippen molar-refractivity contribution in [2.24, 2.45) is 0 Å². The van der Waals surface area contributed by atoms with E-state index in [1.807, 2.05) is 6.07 Å². The van der Waals surface area contributed by atoms with Crippen LogP contribution in [-0.2, 0) is 11.2 Å². The van der Waals surface area contributed by atoms with Gasteiger partial charge in [-0.25, -0.2) is 9.97 Å². The molecule has 1 atom stereocenters. The Balaban J connectivity index is 2.09. The van der Waals surface area contributed by atoms with Crippen LogP contribution in [0.3, 0.4) is 0 Å². The van der Waals surface area contributed by atoms with Crippen LogP contribution in [0.5, 0.6) is 0 Å². The lowest BCUT2D eigenvalue weighted by Crippen LogP contribution is -2.40. The van der Waals surface area contributed by atoms with E-state index in [0.29, 0.717) is 6.04 Å². The van der Waals surface area contributed by atoms with Gasteiger partial charge in [0, 0.05) is 31.7 Å². The second-order valence-electron chi connectivity index (χ2n) is 5.88. The van der Waals surface area contributed by atoms with Gasteiger partial charge in [0.1, 0.15) is 17.5 Å². The quantitative estimate of drug-likeness (QED) is 0.867. The first kappa shape index (κ1) is 15.0. The fourth-order valence-corrected chi connectivity index (χ4v) is 2.57. The van der Waals surface area contributed by atoms with E-state index in [4.69, 9.17) is 4.74 Å². The Kier molecular flexibility index (Phi) is 4.81. The van der Waals surface area contributed by atoms with Crippen molar-refractivity contribution in [3.05, 3.63) is 11.9 Å². The molecular weight excluding hydrogens is 252 g/mol. The summed E-state index contributed by atoms with van der Waals surface area (Å²) in [4.78, 5) is 9.05. The lowest BCUT2D eigenvalue weighted by atomic mass is 9.94. The molecule has 1 fully saturated rings. The van der Waals surface area contributed by atoms with Crippen molar-refractivity contribution in [3.63, 3.8) is 0 Å². The Hall–Kier alpha value is -1.36. The molecule has 0 aliphatic carbocycles. The first-order valence-corrected chi connectivity index (χ1v) is 7.54. The normalized spacial score (nSPS) is 21.5. The van der Waals surface area contributed by atoms with Crippen molar-refractivity contribution in [3.8, 4) is 0 Å². The number of hydrogen-bond acceptors (Lipinski definition) is 5. The lowest BCUT2D eigenvalue weighted by molar-refractivity contribution is -0.0553. The van der Waals surface area contributed by atoms with Crippen LogP contribution in [0, 0.1) is 0 Å². The van der Waals surface area contributed by atoms with Gasteiger partial charge >= 0.3 is 0 Å². The van der Waals surface area contributed by atoms with Gasteiger partial charge in [-0.2, -0.15) is 0 Å². The van der Waals surface area contributed by atoms with Gasteiger partial charge in [0.2, 0.25) is 0 Å². The molecular formula is C15H26N4O. The molecule has 1 aliphatic rings. The van der Waals surface area contributed by atoms with Crippen LogP contribution < -0.4 is 10.6 Å². The van der Waals surface area contributed by atoms with E-state index in [9.17, 15) is 0 Å². The van der Waals surface area contributed by atoms with Crippen LogP contribution in [0.4, 0.5) is 11.6 Å². The predicted octanol–water partition coefficient (Wildman–Crippen LogP) is 2.84. The number of aryl methyl sites for hydroxylation is 1. The highest BCUT2D eigenvalue weighted by Crippen LogP contribution is 2.26. The molecule has 2 N–H and O–H groups in total. The van der Waals surface area contributed by atoms with Crippen molar-refractivity contribution in [1.29, 1.82) is 0 Å². The zero-order valence-electron chi connectivity index (χ0n) is 13.0. The Bertz CT molecular complexity index is 447. The number of rotatable bonds is 5. The van der Waals surface area contributed by atoms with Gasteiger partial charge in [0.25, 0.3) is 0 Å². The van der Waals surface area contributed by atoms with Gasteiger partial charge < -0.3 is 15.4 Å². The van der Waals surface area contributed by atoms with E-state index in [0.717, 1.165) is 49.9 Å². The van der Waals surface area contributed by atoms with E-state index in [-0.39, 0.29) is 5.60 Å². The van der Waals surface area contributed by atoms with E-state index in [1.165, 1.54) is 0 Å². The average Bonchev–Trinajstić information content (AvgIpc) is 2.37. The molecule has 0 saturated carbocycles. The van der Waals surface area contributed by atoms with E-state index in [2.05, 4.69) is 48.3 Å². The summed E-state index contributed by atoms with van der Waals surface area (Å²) in [6.45, 7) is 10.1. The van der Waals surface area contributed by atoms with E-state index >= 15 is 0 Å². The third-order valence-electron chi connectivity index (χ3n) is 3.50. The molecule has 2 heterocycles. The van der Waals surface area contributed by atoms with Crippen molar-refractivity contribution >= 4 is 11.6 Å². The van der Waals surface area contributed by atoms with Crippen LogP contribution in [-0.4, -0.2) is 34.8 Å². The molecule has 5 nitrogen and oxygen atoms in total. The lowest BCUT2D eigenvalue weighted by Gasteiger charge is -2.36. The van der Waals surface area contributed by atoms with E-state index < -0.39 is 0 Å². The summed E-state index contributed by atoms with van der Waals surface area (Å²) in [5, 5.41) is 6.80. The zero-order chi connectivity index (χ0) is 14.6. The summed E-state index contributed by atoms with van der Waals surface area (Å²) in [6.07, 6.45) is 2.85. The number of nitrogens with one attached hydrogen (secondary N) is 2. The maximum atomic E-state index is 5.76. The van der Waals surface area contributed by atoms with Gasteiger partial charge in [0.15, 0.2) is 0 Å². The topological polar surface area (TPSA) is 59.1 Å². The molecule has 112 valence electrons. The fourth-order valence-electron chi connectivity index (χ4n) is 2.57. The van der Waals surface area contributed by atoms with Crippen molar-refractivity contribution in [1.82, 2.24) is 9.97 Å². The van der Waals surface area contributed by atoms with Crippen LogP contribution >= 0.6 is 0 Å². The zero-order valence-corrected chi connectivity index (χ0v) is 13.0. The molecule has 2 rings (SSSR count). The molecule has 0 spiro atoms. The standard InChI is InChI=1S/C15H26N4O/c1-5-12-18-13(16-6-2)9-14(19-12)17-11-7-8-20-15(3,4)10-11/h9,11H,5-8,10H2,1-4H3,(H2,16,17,18,19). The summed E-state index contributed by atoms with van der Waals surface area (Å²) in [5.74, 6) is 2.68. The molecule has 0 bridgehead atoms. The molecule has 0 aromatic carbocycles. The van der Waals surface area contributed by atoms with Crippen LogP contribution in [0.25, 0.3) is 0 Å². The number of anilines is 2. The summed E-state index contributed by atoms with van der Waals surface area (Å²) in [5.41, 5.74) is -0.0545. The molecule has 1 aromatic rings. The summed E-state index contributed by atoms with van der Waals surface area (Å²) in [6, 6.07) is 2.40. The van der Waals surface area contributed by atoms with Crippen molar-refractivity contribution < 1.29 is 4.74 Å². The molecule has 1 aromatic heterocycles. The summed E-state index contributed by atoms with van der Waals surface area (Å²) < 4.78 is 5.76. The highest BCUT2D eigenvalue weighted by atomic mass is 16.5. The van der Waals surface area contributed by atoms with Crippen LogP contribution in [0.1, 0.15) is 46.4 Å². The second kappa shape index (κ2) is 6.39. The average molecular weight is 278 g/mol. The minimum atomic E-state index is -0.0545. The highest BCUT2D eigenvalue weighted by Gasteiger charge is 2.28. The molecule has 1 unspecified atom stereocenters. The monoisotopic (exact) mass is 278 g/mol. The maximum absolute atomic E-state index is 5.76. The van der Waals surface area contributed by atoms with Crippen molar-refractivity contribution in [2.45, 2.75) is 58.6 Å². The highest BCUT2D eigenvalue weighted by molar-refractivity contribution is 5.48. The third kappa shape index (κ3) is 4.07. The van der Waals surface area contributed by atoms with Gasteiger partial charge in [-0.1, -0.05) is 6.92 Å². The van der Waals surface area contributed by atoms with Gasteiger partial charge in [-0.15, -0.1) is 0 Å². The molecule has 5 heteroatoms. The number of aromatic nitrogens is 2. The number of ether oxygens (including phenoxy) is 1. The number of hydrogen-bond donors (Lipinski definition) is 2. The molecule has 0 radical (unpaired) electrons. The first-order chi connectivity index (χ1) is 9.52. The summed E-state index contributed by atoms with van der Waals surface area (Å²) in [7, 11) is 0. The minimum Gasteiger partial charge on any atom is -0.375 e. The van der Waals surface area contributed by atoms with Crippen LogP contribution in [0.2, 0.25) is 0 Å². The fraction of sp³-hybridized carbons (Fsp3) is 0.733. The van der Waals surface area contributed by atoms with Crippen LogP contribution in [0.15, 0.2) is 6.07 Å². The largest absolute Gasteiger partial charge is 0.375 e. The Morgan fingerprint density at radius 3 is 2.70 bits per heavy atom.